The fourth-order valence-electron chi connectivity index (χ4n) is 0.937. The van der Waals surface area contributed by atoms with Gasteiger partial charge >= 0.3 is 0 Å². The van der Waals surface area contributed by atoms with E-state index in [1.807, 2.05) is 19.1 Å². The van der Waals surface area contributed by atoms with E-state index in [1.165, 1.54) is 11.3 Å². The number of allylic oxidation sites excluding steroid dienone is 1. The van der Waals surface area contributed by atoms with Gasteiger partial charge in [0.1, 0.15) is 0 Å². The van der Waals surface area contributed by atoms with Gasteiger partial charge in [-0.15, -0.1) is 11.3 Å². The quantitative estimate of drug-likeness (QED) is 0.827. The largest absolute Gasteiger partial charge is 0.397 e. The molecule has 0 aliphatic rings. The van der Waals surface area contributed by atoms with Crippen molar-refractivity contribution in [2.45, 2.75) is 13.3 Å². The van der Waals surface area contributed by atoms with Crippen LogP contribution < -0.4 is 5.73 Å². The Hall–Kier alpha value is -0.790. The summed E-state index contributed by atoms with van der Waals surface area (Å²) in [6.45, 7) is 1.92. The summed E-state index contributed by atoms with van der Waals surface area (Å²) in [6.07, 6.45) is 0.678. The molecule has 4 heteroatoms. The summed E-state index contributed by atoms with van der Waals surface area (Å²) in [5.41, 5.74) is 7.07. The highest BCUT2D eigenvalue weighted by Gasteiger charge is 2.05. The van der Waals surface area contributed by atoms with E-state index in [0.29, 0.717) is 17.7 Å². The summed E-state index contributed by atoms with van der Waals surface area (Å²) in [7, 11) is 0. The molecule has 0 spiro atoms. The van der Waals surface area contributed by atoms with Crippen molar-refractivity contribution in [2.75, 3.05) is 0 Å². The minimum atomic E-state index is 0.598. The second-order valence-corrected chi connectivity index (χ2v) is 4.92. The van der Waals surface area contributed by atoms with Crippen LogP contribution in [0.15, 0.2) is 21.5 Å². The molecule has 0 aliphatic heterocycles. The predicted octanol–water partition coefficient (Wildman–Crippen LogP) is 3.11. The third-order valence-corrected chi connectivity index (χ3v) is 3.31. The van der Waals surface area contributed by atoms with Crippen LogP contribution in [-0.2, 0) is 0 Å². The van der Waals surface area contributed by atoms with Crippen LogP contribution in [0.3, 0.4) is 0 Å². The van der Waals surface area contributed by atoms with Crippen LogP contribution in [0, 0.1) is 11.3 Å². The molecule has 1 rings (SSSR count). The molecule has 1 heterocycles. The topological polar surface area (TPSA) is 49.8 Å². The van der Waals surface area contributed by atoms with Crippen LogP contribution in [0.4, 0.5) is 0 Å². The molecule has 68 valence electrons. The molecule has 0 unspecified atom stereocenters. The van der Waals surface area contributed by atoms with E-state index in [1.54, 1.807) is 0 Å². The summed E-state index contributed by atoms with van der Waals surface area (Å²) in [5.74, 6) is 0. The zero-order valence-electron chi connectivity index (χ0n) is 7.17. The lowest BCUT2D eigenvalue weighted by Crippen LogP contribution is -1.97. The van der Waals surface area contributed by atoms with Gasteiger partial charge < -0.3 is 5.73 Å². The number of rotatable bonds is 2. The number of nitrogens with two attached hydrogens (primary N) is 1. The Morgan fingerprint density at radius 1 is 1.69 bits per heavy atom. The summed E-state index contributed by atoms with van der Waals surface area (Å²) in [5, 5.41) is 8.77. The van der Waals surface area contributed by atoms with E-state index in [9.17, 15) is 0 Å². The first-order chi connectivity index (χ1) is 6.19. The zero-order valence-corrected chi connectivity index (χ0v) is 9.58. The molecule has 1 aromatic heterocycles. The summed E-state index contributed by atoms with van der Waals surface area (Å²) in [4.78, 5) is 0.949. The molecule has 0 bridgehead atoms. The monoisotopic (exact) mass is 256 g/mol. The van der Waals surface area contributed by atoms with Crippen molar-refractivity contribution in [3.05, 3.63) is 26.4 Å². The van der Waals surface area contributed by atoms with Crippen LogP contribution >= 0.6 is 27.3 Å². The van der Waals surface area contributed by atoms with E-state index in [-0.39, 0.29) is 0 Å². The molecule has 0 amide bonds. The number of thiophene rings is 1. The van der Waals surface area contributed by atoms with Crippen molar-refractivity contribution in [1.82, 2.24) is 0 Å². The Balaban J connectivity index is 3.09. The number of nitrogens with zero attached hydrogens (tertiary/aromatic N) is 1. The second-order valence-electron chi connectivity index (χ2n) is 2.46. The Kier molecular flexibility index (Phi) is 3.52. The van der Waals surface area contributed by atoms with Crippen LogP contribution in [0.1, 0.15) is 18.2 Å². The summed E-state index contributed by atoms with van der Waals surface area (Å²) in [6, 6.07) is 5.95. The van der Waals surface area contributed by atoms with Gasteiger partial charge in [0.15, 0.2) is 0 Å². The lowest BCUT2D eigenvalue weighted by molar-refractivity contribution is 1.15. The maximum Gasteiger partial charge on any atom is 0.0969 e. The highest BCUT2D eigenvalue weighted by molar-refractivity contribution is 9.11. The average Bonchev–Trinajstić information content (AvgIpc) is 2.54. The van der Waals surface area contributed by atoms with Gasteiger partial charge in [-0.25, -0.2) is 0 Å². The maximum atomic E-state index is 8.77. The highest BCUT2D eigenvalue weighted by Crippen LogP contribution is 2.27. The third kappa shape index (κ3) is 2.33. The maximum absolute atomic E-state index is 8.77. The van der Waals surface area contributed by atoms with Crippen LogP contribution in [-0.4, -0.2) is 0 Å². The van der Waals surface area contributed by atoms with Crippen LogP contribution in [0.2, 0.25) is 0 Å². The fraction of sp³-hybridized carbons (Fsp3) is 0.222. The van der Waals surface area contributed by atoms with E-state index in [2.05, 4.69) is 22.0 Å². The Morgan fingerprint density at radius 3 is 2.77 bits per heavy atom. The first kappa shape index (κ1) is 10.3. The van der Waals surface area contributed by atoms with Gasteiger partial charge in [-0.1, -0.05) is 6.92 Å². The van der Waals surface area contributed by atoms with Crippen molar-refractivity contribution in [1.29, 1.82) is 5.26 Å². The highest BCUT2D eigenvalue weighted by atomic mass is 79.9. The number of hydrogen-bond acceptors (Lipinski definition) is 3. The fourth-order valence-corrected chi connectivity index (χ4v) is 2.31. The van der Waals surface area contributed by atoms with E-state index >= 15 is 0 Å². The Labute approximate surface area is 89.8 Å². The third-order valence-electron chi connectivity index (χ3n) is 1.65. The summed E-state index contributed by atoms with van der Waals surface area (Å²) < 4.78 is 1.03. The first-order valence-corrected chi connectivity index (χ1v) is 5.44. The predicted molar refractivity (Wildman–Crippen MR) is 59.0 cm³/mol. The Morgan fingerprint density at radius 2 is 2.38 bits per heavy atom. The molecule has 0 fully saturated rings. The number of nitriles is 1. The van der Waals surface area contributed by atoms with Gasteiger partial charge in [-0.3, -0.25) is 0 Å². The molecule has 0 saturated heterocycles. The molecule has 0 atom stereocenters. The second kappa shape index (κ2) is 4.45. The van der Waals surface area contributed by atoms with E-state index < -0.39 is 0 Å². The molecule has 0 aromatic carbocycles. The van der Waals surface area contributed by atoms with E-state index in [4.69, 9.17) is 11.0 Å². The number of hydrogen-bond donors (Lipinski definition) is 1. The lowest BCUT2D eigenvalue weighted by atomic mass is 10.1. The molecule has 2 nitrogen and oxygen atoms in total. The smallest absolute Gasteiger partial charge is 0.0969 e. The SMILES string of the molecule is CC/C(C#N)=C(/N)c1ccc(Br)s1. The van der Waals surface area contributed by atoms with Crippen molar-refractivity contribution >= 4 is 33.0 Å². The van der Waals surface area contributed by atoms with Crippen molar-refractivity contribution in [2.24, 2.45) is 5.73 Å². The van der Waals surface area contributed by atoms with Gasteiger partial charge in [-0.05, 0) is 34.5 Å². The van der Waals surface area contributed by atoms with E-state index in [0.717, 1.165) is 8.66 Å². The average molecular weight is 257 g/mol. The standard InChI is InChI=1S/C9H9BrN2S/c1-2-6(5-11)9(12)7-3-4-8(10)13-7/h3-4H,2,12H2,1H3/b9-6-. The number of halogens is 1. The van der Waals surface area contributed by atoms with Crippen LogP contribution in [0.25, 0.3) is 5.70 Å². The molecule has 1 aromatic rings. The lowest BCUT2D eigenvalue weighted by Gasteiger charge is -1.99. The molecular formula is C9H9BrN2S. The normalized spacial score (nSPS) is 12.1. The Bertz CT molecular complexity index is 373. The van der Waals surface area contributed by atoms with Gasteiger partial charge in [-0.2, -0.15) is 5.26 Å². The van der Waals surface area contributed by atoms with Gasteiger partial charge in [0, 0.05) is 0 Å². The molecule has 0 saturated carbocycles. The molecule has 0 aliphatic carbocycles. The zero-order chi connectivity index (χ0) is 9.84. The molecule has 0 radical (unpaired) electrons. The first-order valence-electron chi connectivity index (χ1n) is 3.83. The minimum absolute atomic E-state index is 0.598. The molecule has 2 N–H and O–H groups in total. The van der Waals surface area contributed by atoms with Gasteiger partial charge in [0.25, 0.3) is 0 Å². The summed E-state index contributed by atoms with van der Waals surface area (Å²) >= 11 is 4.89. The van der Waals surface area contributed by atoms with Gasteiger partial charge in [0.05, 0.1) is 26.0 Å². The molecular weight excluding hydrogens is 248 g/mol. The van der Waals surface area contributed by atoms with Crippen molar-refractivity contribution in [3.8, 4) is 6.07 Å². The van der Waals surface area contributed by atoms with Gasteiger partial charge in [0.2, 0.25) is 0 Å². The minimum Gasteiger partial charge on any atom is -0.397 e. The van der Waals surface area contributed by atoms with Crippen molar-refractivity contribution < 1.29 is 0 Å². The molecule has 13 heavy (non-hydrogen) atoms. The van der Waals surface area contributed by atoms with Crippen LogP contribution in [0.5, 0.6) is 0 Å². The van der Waals surface area contributed by atoms with Crippen molar-refractivity contribution in [3.63, 3.8) is 0 Å².